The van der Waals surface area contributed by atoms with Crippen LogP contribution in [0.4, 0.5) is 0 Å². The fourth-order valence-corrected chi connectivity index (χ4v) is 2.40. The minimum atomic E-state index is -0.541. The highest BCUT2D eigenvalue weighted by Gasteiger charge is 2.24. The van der Waals surface area contributed by atoms with E-state index in [1.807, 2.05) is 38.1 Å². The van der Waals surface area contributed by atoms with Gasteiger partial charge in [0.25, 0.3) is 0 Å². The standard InChI is InChI=1S/C19H29NO3/c1-5-8-15-9-11-16(12-10-15)19(22)17(20-14(4)6-2)13-18(21)23-7-3/h9-12,14,17,20H,5-8,13H2,1-4H3. The SMILES string of the molecule is CCCc1ccc(C(=O)C(CC(=O)OCC)NC(C)CC)cc1. The van der Waals surface area contributed by atoms with E-state index in [0.29, 0.717) is 12.2 Å². The maximum Gasteiger partial charge on any atom is 0.307 e. The minimum Gasteiger partial charge on any atom is -0.466 e. The zero-order valence-electron chi connectivity index (χ0n) is 14.7. The normalized spacial score (nSPS) is 13.4. The van der Waals surface area contributed by atoms with Gasteiger partial charge in [-0.2, -0.15) is 0 Å². The Kier molecular flexibility index (Phi) is 8.56. The lowest BCUT2D eigenvalue weighted by Crippen LogP contribution is -2.43. The van der Waals surface area contributed by atoms with Crippen LogP contribution in [0.2, 0.25) is 0 Å². The van der Waals surface area contributed by atoms with Gasteiger partial charge in [-0.05, 0) is 32.3 Å². The van der Waals surface area contributed by atoms with Gasteiger partial charge in [0.05, 0.1) is 19.1 Å². The first-order chi connectivity index (χ1) is 11.0. The van der Waals surface area contributed by atoms with Crippen LogP contribution in [0.1, 0.15) is 62.9 Å². The van der Waals surface area contributed by atoms with E-state index >= 15 is 0 Å². The van der Waals surface area contributed by atoms with E-state index in [1.54, 1.807) is 6.92 Å². The summed E-state index contributed by atoms with van der Waals surface area (Å²) in [6, 6.07) is 7.30. The van der Waals surface area contributed by atoms with Crippen molar-refractivity contribution in [2.24, 2.45) is 0 Å². The van der Waals surface area contributed by atoms with Gasteiger partial charge in [-0.3, -0.25) is 9.59 Å². The van der Waals surface area contributed by atoms with E-state index < -0.39 is 6.04 Å². The number of carbonyl (C=O) groups is 2. The number of ketones is 1. The first-order valence-electron chi connectivity index (χ1n) is 8.56. The smallest absolute Gasteiger partial charge is 0.307 e. The Morgan fingerprint density at radius 3 is 2.30 bits per heavy atom. The molecule has 0 aromatic heterocycles. The molecule has 0 aliphatic heterocycles. The molecule has 0 fully saturated rings. The van der Waals surface area contributed by atoms with Crippen molar-refractivity contribution in [3.8, 4) is 0 Å². The van der Waals surface area contributed by atoms with Crippen LogP contribution < -0.4 is 5.32 Å². The molecule has 0 aliphatic carbocycles. The highest BCUT2D eigenvalue weighted by Crippen LogP contribution is 2.12. The average molecular weight is 319 g/mol. The summed E-state index contributed by atoms with van der Waals surface area (Å²) in [5.41, 5.74) is 1.86. The van der Waals surface area contributed by atoms with E-state index in [0.717, 1.165) is 19.3 Å². The first-order valence-corrected chi connectivity index (χ1v) is 8.56. The Hall–Kier alpha value is -1.68. The van der Waals surface area contributed by atoms with Gasteiger partial charge >= 0.3 is 5.97 Å². The number of rotatable bonds is 10. The highest BCUT2D eigenvalue weighted by atomic mass is 16.5. The number of ether oxygens (including phenoxy) is 1. The molecule has 0 radical (unpaired) electrons. The summed E-state index contributed by atoms with van der Waals surface area (Å²) in [7, 11) is 0. The lowest BCUT2D eigenvalue weighted by molar-refractivity contribution is -0.143. The second-order valence-electron chi connectivity index (χ2n) is 5.85. The van der Waals surface area contributed by atoms with Crippen molar-refractivity contribution < 1.29 is 14.3 Å². The first kappa shape index (κ1) is 19.4. The molecule has 4 nitrogen and oxygen atoms in total. The third-order valence-corrected chi connectivity index (χ3v) is 3.87. The molecule has 1 rings (SSSR count). The lowest BCUT2D eigenvalue weighted by atomic mass is 9.98. The van der Waals surface area contributed by atoms with Crippen LogP contribution in [0.3, 0.4) is 0 Å². The predicted octanol–water partition coefficient (Wildman–Crippen LogP) is 3.53. The molecule has 1 N–H and O–H groups in total. The lowest BCUT2D eigenvalue weighted by Gasteiger charge is -2.21. The fraction of sp³-hybridized carbons (Fsp3) is 0.579. The van der Waals surface area contributed by atoms with Crippen molar-refractivity contribution in [2.45, 2.75) is 65.5 Å². The molecule has 0 bridgehead atoms. The van der Waals surface area contributed by atoms with Crippen molar-refractivity contribution in [3.63, 3.8) is 0 Å². The topological polar surface area (TPSA) is 55.4 Å². The third-order valence-electron chi connectivity index (χ3n) is 3.87. The van der Waals surface area contributed by atoms with E-state index in [4.69, 9.17) is 4.74 Å². The zero-order valence-corrected chi connectivity index (χ0v) is 14.7. The molecule has 0 amide bonds. The van der Waals surface area contributed by atoms with Gasteiger partial charge in [0.15, 0.2) is 5.78 Å². The molecule has 0 spiro atoms. The second-order valence-corrected chi connectivity index (χ2v) is 5.85. The predicted molar refractivity (Wildman–Crippen MR) is 92.7 cm³/mol. The Bertz CT molecular complexity index is 496. The van der Waals surface area contributed by atoms with Gasteiger partial charge in [-0.1, -0.05) is 44.5 Å². The summed E-state index contributed by atoms with van der Waals surface area (Å²) in [4.78, 5) is 24.5. The number of carbonyl (C=O) groups excluding carboxylic acids is 2. The van der Waals surface area contributed by atoms with Crippen LogP contribution in [0.25, 0.3) is 0 Å². The number of hydrogen-bond donors (Lipinski definition) is 1. The maximum atomic E-state index is 12.7. The van der Waals surface area contributed by atoms with Gasteiger partial charge in [0, 0.05) is 11.6 Å². The van der Waals surface area contributed by atoms with E-state index in [1.165, 1.54) is 5.56 Å². The zero-order chi connectivity index (χ0) is 17.2. The number of aryl methyl sites for hydroxylation is 1. The van der Waals surface area contributed by atoms with Crippen LogP contribution >= 0.6 is 0 Å². The maximum absolute atomic E-state index is 12.7. The number of nitrogens with one attached hydrogen (secondary N) is 1. The van der Waals surface area contributed by atoms with Gasteiger partial charge in [0.1, 0.15) is 0 Å². The molecule has 1 aromatic carbocycles. The monoisotopic (exact) mass is 319 g/mol. The summed E-state index contributed by atoms with van der Waals surface area (Å²) < 4.78 is 4.99. The summed E-state index contributed by atoms with van der Waals surface area (Å²) in [6.07, 6.45) is 3.04. The second kappa shape index (κ2) is 10.2. The quantitative estimate of drug-likeness (QED) is 0.529. The Morgan fingerprint density at radius 2 is 1.78 bits per heavy atom. The van der Waals surface area contributed by atoms with Crippen LogP contribution in [0.5, 0.6) is 0 Å². The van der Waals surface area contributed by atoms with E-state index in [-0.39, 0.29) is 24.2 Å². The van der Waals surface area contributed by atoms with Gasteiger partial charge in [-0.15, -0.1) is 0 Å². The van der Waals surface area contributed by atoms with E-state index in [2.05, 4.69) is 12.2 Å². The molecule has 128 valence electrons. The summed E-state index contributed by atoms with van der Waals surface area (Å²) in [5.74, 6) is -0.398. The molecule has 2 unspecified atom stereocenters. The molecular weight excluding hydrogens is 290 g/mol. The molecule has 2 atom stereocenters. The molecular formula is C19H29NO3. The fourth-order valence-electron chi connectivity index (χ4n) is 2.40. The van der Waals surface area contributed by atoms with Crippen LogP contribution in [-0.2, 0) is 16.0 Å². The van der Waals surface area contributed by atoms with Crippen molar-refractivity contribution >= 4 is 11.8 Å². The van der Waals surface area contributed by atoms with Crippen molar-refractivity contribution in [1.29, 1.82) is 0 Å². The number of benzene rings is 1. The summed E-state index contributed by atoms with van der Waals surface area (Å²) in [6.45, 7) is 8.28. The van der Waals surface area contributed by atoms with Gasteiger partial charge in [-0.25, -0.2) is 0 Å². The number of esters is 1. The summed E-state index contributed by atoms with van der Waals surface area (Å²) >= 11 is 0. The molecule has 23 heavy (non-hydrogen) atoms. The molecule has 0 heterocycles. The largest absolute Gasteiger partial charge is 0.466 e. The van der Waals surface area contributed by atoms with Crippen LogP contribution in [-0.4, -0.2) is 30.4 Å². The molecule has 1 aromatic rings. The Labute approximate surface area is 139 Å². The third kappa shape index (κ3) is 6.53. The summed E-state index contributed by atoms with van der Waals surface area (Å²) in [5, 5.41) is 3.24. The minimum absolute atomic E-state index is 0.0543. The van der Waals surface area contributed by atoms with E-state index in [9.17, 15) is 9.59 Å². The molecule has 0 saturated carbocycles. The van der Waals surface area contributed by atoms with Crippen LogP contribution in [0.15, 0.2) is 24.3 Å². The van der Waals surface area contributed by atoms with Crippen molar-refractivity contribution in [3.05, 3.63) is 35.4 Å². The van der Waals surface area contributed by atoms with Gasteiger partial charge in [0.2, 0.25) is 0 Å². The average Bonchev–Trinajstić information content (AvgIpc) is 2.54. The highest BCUT2D eigenvalue weighted by molar-refractivity contribution is 6.01. The van der Waals surface area contributed by atoms with Crippen LogP contribution in [0, 0.1) is 0 Å². The molecule has 0 aliphatic rings. The van der Waals surface area contributed by atoms with Crippen molar-refractivity contribution in [2.75, 3.05) is 6.61 Å². The van der Waals surface area contributed by atoms with Crippen molar-refractivity contribution in [1.82, 2.24) is 5.32 Å². The Morgan fingerprint density at radius 1 is 1.13 bits per heavy atom. The number of Topliss-reactive ketones (excluding diaryl/α,β-unsaturated/α-hetero) is 1. The Balaban J connectivity index is 2.85. The molecule has 0 saturated heterocycles. The number of hydrogen-bond acceptors (Lipinski definition) is 4. The molecule has 4 heteroatoms. The van der Waals surface area contributed by atoms with Gasteiger partial charge < -0.3 is 10.1 Å².